The van der Waals surface area contributed by atoms with Crippen LogP contribution in [0, 0.1) is 17.3 Å². The number of ether oxygens (including phenoxy) is 3. The number of aliphatic hydroxyl groups excluding tert-OH is 1. The predicted octanol–water partition coefficient (Wildman–Crippen LogP) is 4.87. The largest absolute Gasteiger partial charge is 0.393 e. The van der Waals surface area contributed by atoms with Crippen LogP contribution in [-0.2, 0) is 14.2 Å². The summed E-state index contributed by atoms with van der Waals surface area (Å²) in [6.07, 6.45) is 15.8. The molecule has 162 valence electrons. The van der Waals surface area contributed by atoms with Crippen LogP contribution in [0.15, 0.2) is 0 Å². The van der Waals surface area contributed by atoms with Gasteiger partial charge in [0.15, 0.2) is 0 Å². The first-order chi connectivity index (χ1) is 13.5. The monoisotopic (exact) mass is 394 g/mol. The van der Waals surface area contributed by atoms with E-state index in [1.807, 2.05) is 0 Å². The molecule has 4 fully saturated rings. The van der Waals surface area contributed by atoms with Gasteiger partial charge in [-0.25, -0.2) is 0 Å². The third-order valence-corrected chi connectivity index (χ3v) is 8.47. The van der Waals surface area contributed by atoms with E-state index in [4.69, 9.17) is 14.2 Å². The van der Waals surface area contributed by atoms with E-state index >= 15 is 0 Å². The molecular formula is C24H42O4. The van der Waals surface area contributed by atoms with Crippen molar-refractivity contribution in [2.24, 2.45) is 17.3 Å². The van der Waals surface area contributed by atoms with E-state index in [-0.39, 0.29) is 6.10 Å². The van der Waals surface area contributed by atoms with E-state index in [1.54, 1.807) is 0 Å². The third kappa shape index (κ3) is 5.11. The van der Waals surface area contributed by atoms with Crippen molar-refractivity contribution in [1.82, 2.24) is 0 Å². The molecule has 4 rings (SSSR count). The molecule has 1 aliphatic heterocycles. The highest BCUT2D eigenvalue weighted by molar-refractivity contribution is 4.91. The third-order valence-electron chi connectivity index (χ3n) is 8.47. The van der Waals surface area contributed by atoms with Gasteiger partial charge in [0, 0.05) is 0 Å². The lowest BCUT2D eigenvalue weighted by Crippen LogP contribution is -2.42. The van der Waals surface area contributed by atoms with Crippen molar-refractivity contribution in [2.75, 3.05) is 13.2 Å². The summed E-state index contributed by atoms with van der Waals surface area (Å²) < 4.78 is 17.8. The van der Waals surface area contributed by atoms with Gasteiger partial charge in [-0.1, -0.05) is 13.8 Å². The molecule has 0 unspecified atom stereocenters. The molecule has 4 nitrogen and oxygen atoms in total. The molecule has 1 saturated heterocycles. The van der Waals surface area contributed by atoms with Gasteiger partial charge in [0.2, 0.25) is 0 Å². The van der Waals surface area contributed by atoms with Crippen molar-refractivity contribution in [1.29, 1.82) is 0 Å². The summed E-state index contributed by atoms with van der Waals surface area (Å²) in [5, 5.41) is 9.69. The maximum atomic E-state index is 9.69. The highest BCUT2D eigenvalue weighted by Gasteiger charge is 2.41. The number of aliphatic hydroxyl groups is 1. The van der Waals surface area contributed by atoms with Crippen LogP contribution in [-0.4, -0.2) is 48.8 Å². The van der Waals surface area contributed by atoms with Crippen LogP contribution in [0.1, 0.15) is 90.9 Å². The zero-order valence-corrected chi connectivity index (χ0v) is 18.1. The van der Waals surface area contributed by atoms with E-state index in [0.717, 1.165) is 50.7 Å². The zero-order valence-electron chi connectivity index (χ0n) is 18.1. The van der Waals surface area contributed by atoms with Gasteiger partial charge in [-0.2, -0.15) is 0 Å². The Bertz CT molecular complexity index is 465. The van der Waals surface area contributed by atoms with E-state index in [2.05, 4.69) is 13.8 Å². The lowest BCUT2D eigenvalue weighted by Gasteiger charge is -2.47. The first-order valence-electron chi connectivity index (χ1n) is 12.1. The molecule has 0 aromatic carbocycles. The maximum Gasteiger partial charge on any atom is 0.104 e. The Morgan fingerprint density at radius 2 is 1.00 bits per heavy atom. The zero-order chi connectivity index (χ0) is 19.6. The summed E-state index contributed by atoms with van der Waals surface area (Å²) in [7, 11) is 0. The lowest BCUT2D eigenvalue weighted by atomic mass is 9.60. The molecule has 0 aromatic heterocycles. The summed E-state index contributed by atoms with van der Waals surface area (Å²) in [5.41, 5.74) is 0.435. The second-order valence-corrected chi connectivity index (χ2v) is 10.6. The summed E-state index contributed by atoms with van der Waals surface area (Å²) in [6, 6.07) is 0. The fourth-order valence-corrected chi connectivity index (χ4v) is 6.24. The van der Waals surface area contributed by atoms with Gasteiger partial charge >= 0.3 is 0 Å². The molecular weight excluding hydrogens is 352 g/mol. The standard InChI is InChI=1S/C24H42O4/c1-24(2,18-5-11-21(12-6-18)28-23-15-26-16-23)17-3-9-20(10-4-17)27-22-13-7-19(25)8-14-22/h17-23,25H,3-16H2,1-2H3. The molecule has 0 spiro atoms. The minimum absolute atomic E-state index is 0.0843. The van der Waals surface area contributed by atoms with Crippen molar-refractivity contribution in [3.05, 3.63) is 0 Å². The molecule has 4 aliphatic rings. The van der Waals surface area contributed by atoms with E-state index in [1.165, 1.54) is 51.4 Å². The van der Waals surface area contributed by atoms with Gasteiger partial charge in [0.25, 0.3) is 0 Å². The van der Waals surface area contributed by atoms with Crippen molar-refractivity contribution in [3.63, 3.8) is 0 Å². The highest BCUT2D eigenvalue weighted by atomic mass is 16.6. The molecule has 3 aliphatic carbocycles. The Labute approximate surface area is 171 Å². The van der Waals surface area contributed by atoms with Crippen LogP contribution in [0.25, 0.3) is 0 Å². The van der Waals surface area contributed by atoms with Gasteiger partial charge < -0.3 is 19.3 Å². The smallest absolute Gasteiger partial charge is 0.104 e. The average molecular weight is 395 g/mol. The van der Waals surface area contributed by atoms with Gasteiger partial charge in [-0.15, -0.1) is 0 Å². The summed E-state index contributed by atoms with van der Waals surface area (Å²) in [6.45, 7) is 6.68. The van der Waals surface area contributed by atoms with Gasteiger partial charge in [-0.3, -0.25) is 0 Å². The fraction of sp³-hybridized carbons (Fsp3) is 1.00. The Morgan fingerprint density at radius 1 is 0.607 bits per heavy atom. The van der Waals surface area contributed by atoms with E-state index in [0.29, 0.717) is 29.8 Å². The first-order valence-corrected chi connectivity index (χ1v) is 12.1. The van der Waals surface area contributed by atoms with Crippen molar-refractivity contribution in [3.8, 4) is 0 Å². The molecule has 0 aromatic rings. The Balaban J connectivity index is 1.19. The Morgan fingerprint density at radius 3 is 1.39 bits per heavy atom. The van der Waals surface area contributed by atoms with Crippen LogP contribution in [0.3, 0.4) is 0 Å². The fourth-order valence-electron chi connectivity index (χ4n) is 6.24. The van der Waals surface area contributed by atoms with Crippen LogP contribution < -0.4 is 0 Å². The number of rotatable bonds is 6. The molecule has 28 heavy (non-hydrogen) atoms. The first kappa shape index (κ1) is 21.1. The molecule has 1 N–H and O–H groups in total. The second kappa shape index (κ2) is 9.32. The van der Waals surface area contributed by atoms with Crippen molar-refractivity contribution in [2.45, 2.75) is 121 Å². The van der Waals surface area contributed by atoms with Crippen molar-refractivity contribution < 1.29 is 19.3 Å². The molecule has 1 heterocycles. The average Bonchev–Trinajstić information content (AvgIpc) is 2.67. The van der Waals surface area contributed by atoms with E-state index < -0.39 is 0 Å². The van der Waals surface area contributed by atoms with Crippen LogP contribution in [0.2, 0.25) is 0 Å². The molecule has 0 bridgehead atoms. The summed E-state index contributed by atoms with van der Waals surface area (Å²) >= 11 is 0. The maximum absolute atomic E-state index is 9.69. The normalized spacial score (nSPS) is 40.8. The number of hydrogen-bond donors (Lipinski definition) is 1. The van der Waals surface area contributed by atoms with Crippen LogP contribution in [0.4, 0.5) is 0 Å². The van der Waals surface area contributed by atoms with Crippen molar-refractivity contribution >= 4 is 0 Å². The molecule has 4 heteroatoms. The SMILES string of the molecule is CC(C)(C1CCC(OC2CCC(O)CC2)CC1)C1CCC(OC2COC2)CC1. The van der Waals surface area contributed by atoms with Gasteiger partial charge in [-0.05, 0) is 94.3 Å². The Kier molecular flexibility index (Phi) is 7.02. The van der Waals surface area contributed by atoms with Crippen LogP contribution >= 0.6 is 0 Å². The Hall–Kier alpha value is -0.160. The lowest BCUT2D eigenvalue weighted by molar-refractivity contribution is -0.164. The number of hydrogen-bond acceptors (Lipinski definition) is 4. The molecule has 3 saturated carbocycles. The van der Waals surface area contributed by atoms with Gasteiger partial charge in [0.05, 0.1) is 37.6 Å². The minimum Gasteiger partial charge on any atom is -0.393 e. The molecule has 0 radical (unpaired) electrons. The minimum atomic E-state index is -0.0843. The quantitative estimate of drug-likeness (QED) is 0.698. The molecule has 0 atom stereocenters. The van der Waals surface area contributed by atoms with Crippen LogP contribution in [0.5, 0.6) is 0 Å². The predicted molar refractivity (Wildman–Crippen MR) is 110 cm³/mol. The summed E-state index contributed by atoms with van der Waals surface area (Å²) in [4.78, 5) is 0. The van der Waals surface area contributed by atoms with E-state index in [9.17, 15) is 5.11 Å². The molecule has 0 amide bonds. The summed E-state index contributed by atoms with van der Waals surface area (Å²) in [5.74, 6) is 1.68. The van der Waals surface area contributed by atoms with Gasteiger partial charge in [0.1, 0.15) is 6.10 Å². The highest BCUT2D eigenvalue weighted by Crippen LogP contribution is 2.49. The second-order valence-electron chi connectivity index (χ2n) is 10.6. The topological polar surface area (TPSA) is 47.9 Å².